The van der Waals surface area contributed by atoms with Gasteiger partial charge in [0.1, 0.15) is 12.0 Å². The summed E-state index contributed by atoms with van der Waals surface area (Å²) in [7, 11) is 0. The summed E-state index contributed by atoms with van der Waals surface area (Å²) in [4.78, 5) is 12.4. The van der Waals surface area contributed by atoms with Gasteiger partial charge in [0.15, 0.2) is 0 Å². The predicted molar refractivity (Wildman–Crippen MR) is 84.0 cm³/mol. The van der Waals surface area contributed by atoms with Gasteiger partial charge in [-0.3, -0.25) is 4.79 Å². The molecule has 7 heteroatoms. The van der Waals surface area contributed by atoms with E-state index in [1.807, 2.05) is 49.4 Å². The van der Waals surface area contributed by atoms with E-state index < -0.39 is 5.66 Å². The first-order valence-electron chi connectivity index (χ1n) is 7.19. The number of benzene rings is 2. The normalized spacial score (nSPS) is 19.6. The van der Waals surface area contributed by atoms with E-state index in [-0.39, 0.29) is 5.91 Å². The molecule has 0 saturated carbocycles. The van der Waals surface area contributed by atoms with Crippen molar-refractivity contribution in [3.8, 4) is 5.69 Å². The molecule has 0 bridgehead atoms. The van der Waals surface area contributed by atoms with E-state index in [4.69, 9.17) is 0 Å². The highest BCUT2D eigenvalue weighted by Gasteiger charge is 2.34. The molecule has 4 rings (SSSR count). The molecule has 1 aliphatic heterocycles. The molecule has 1 aliphatic rings. The van der Waals surface area contributed by atoms with Crippen molar-refractivity contribution >= 4 is 11.6 Å². The number of rotatable bonds is 2. The van der Waals surface area contributed by atoms with E-state index >= 15 is 0 Å². The number of carbonyl (C=O) groups excluding carboxylic acids is 1. The molecule has 1 aromatic heterocycles. The van der Waals surface area contributed by atoms with Crippen LogP contribution in [0, 0.1) is 0 Å². The van der Waals surface area contributed by atoms with Crippen molar-refractivity contribution in [1.29, 1.82) is 0 Å². The van der Waals surface area contributed by atoms with Crippen molar-refractivity contribution in [3.63, 3.8) is 0 Å². The Hall–Kier alpha value is -3.22. The third-order valence-corrected chi connectivity index (χ3v) is 3.96. The lowest BCUT2D eigenvalue weighted by Gasteiger charge is -2.38. The van der Waals surface area contributed by atoms with Crippen LogP contribution in [-0.2, 0) is 5.66 Å². The number of hydrogen-bond acceptors (Lipinski definition) is 5. The van der Waals surface area contributed by atoms with Crippen molar-refractivity contribution in [1.82, 2.24) is 25.5 Å². The second-order valence-corrected chi connectivity index (χ2v) is 5.55. The highest BCUT2D eigenvalue weighted by Crippen LogP contribution is 2.31. The van der Waals surface area contributed by atoms with Crippen LogP contribution in [0.25, 0.3) is 5.69 Å². The van der Waals surface area contributed by atoms with Gasteiger partial charge in [0, 0.05) is 5.69 Å². The zero-order valence-corrected chi connectivity index (χ0v) is 12.4. The van der Waals surface area contributed by atoms with Crippen molar-refractivity contribution in [3.05, 3.63) is 66.0 Å². The molecule has 23 heavy (non-hydrogen) atoms. The number of para-hydroxylation sites is 1. The van der Waals surface area contributed by atoms with Crippen LogP contribution in [0.4, 0.5) is 5.69 Å². The number of carbonyl (C=O) groups is 1. The maximum atomic E-state index is 12.4. The molecule has 114 valence electrons. The van der Waals surface area contributed by atoms with Crippen LogP contribution in [0.3, 0.4) is 0 Å². The molecule has 0 fully saturated rings. The van der Waals surface area contributed by atoms with Crippen molar-refractivity contribution < 1.29 is 4.79 Å². The summed E-state index contributed by atoms with van der Waals surface area (Å²) in [5, 5.41) is 17.6. The average Bonchev–Trinajstić information content (AvgIpc) is 3.09. The predicted octanol–water partition coefficient (Wildman–Crippen LogP) is 1.69. The molecule has 0 radical (unpaired) electrons. The lowest BCUT2D eigenvalue weighted by molar-refractivity contribution is 0.0906. The summed E-state index contributed by atoms with van der Waals surface area (Å²) in [6.45, 7) is 1.93. The molecule has 3 aromatic rings. The van der Waals surface area contributed by atoms with E-state index in [2.05, 4.69) is 26.2 Å². The minimum absolute atomic E-state index is 0.102. The summed E-state index contributed by atoms with van der Waals surface area (Å²) >= 11 is 0. The minimum atomic E-state index is -0.713. The van der Waals surface area contributed by atoms with Crippen LogP contribution in [0.2, 0.25) is 0 Å². The largest absolute Gasteiger partial charge is 0.359 e. The molecule has 2 N–H and O–H groups in total. The van der Waals surface area contributed by atoms with Gasteiger partial charge in [0.05, 0.1) is 11.3 Å². The molecular formula is C16H14N6O. The number of amides is 1. The Balaban J connectivity index is 1.76. The standard InChI is InChI=1S/C16H14N6O/c1-16(18-14-8-3-2-7-13(14)15(23)19-16)11-5-4-6-12(9-11)22-10-17-20-21-22/h2-10,18H,1H3,(H,19,23)/t16-/m0/s1. The van der Waals surface area contributed by atoms with Gasteiger partial charge in [0.2, 0.25) is 0 Å². The third-order valence-electron chi connectivity index (χ3n) is 3.96. The smallest absolute Gasteiger partial charge is 0.255 e. The van der Waals surface area contributed by atoms with Gasteiger partial charge in [-0.2, -0.15) is 0 Å². The summed E-state index contributed by atoms with van der Waals surface area (Å²) in [5.74, 6) is -0.102. The lowest BCUT2D eigenvalue weighted by atomic mass is 9.96. The Bertz CT molecular complexity index is 876. The summed E-state index contributed by atoms with van der Waals surface area (Å²) in [5.41, 5.74) is 2.47. The molecular weight excluding hydrogens is 292 g/mol. The zero-order chi connectivity index (χ0) is 15.9. The molecule has 2 heterocycles. The van der Waals surface area contributed by atoms with Gasteiger partial charge in [-0.05, 0) is 47.2 Å². The van der Waals surface area contributed by atoms with Crippen molar-refractivity contribution in [2.24, 2.45) is 0 Å². The van der Waals surface area contributed by atoms with Crippen LogP contribution in [0.5, 0.6) is 0 Å². The molecule has 1 amide bonds. The van der Waals surface area contributed by atoms with E-state index in [0.29, 0.717) is 5.56 Å². The van der Waals surface area contributed by atoms with E-state index in [0.717, 1.165) is 16.9 Å². The Kier molecular flexibility index (Phi) is 2.87. The van der Waals surface area contributed by atoms with Gasteiger partial charge in [0.25, 0.3) is 5.91 Å². The number of nitrogens with zero attached hydrogens (tertiary/aromatic N) is 4. The molecule has 1 atom stereocenters. The van der Waals surface area contributed by atoms with Crippen LogP contribution in [-0.4, -0.2) is 26.1 Å². The van der Waals surface area contributed by atoms with Gasteiger partial charge < -0.3 is 10.6 Å². The molecule has 0 saturated heterocycles. The van der Waals surface area contributed by atoms with E-state index in [9.17, 15) is 4.79 Å². The second kappa shape index (κ2) is 4.91. The Morgan fingerprint density at radius 2 is 1.96 bits per heavy atom. The SMILES string of the molecule is C[C@@]1(c2cccc(-n3cnnn3)c2)NC(=O)c2ccccc2N1. The molecule has 2 aromatic carbocycles. The van der Waals surface area contributed by atoms with Gasteiger partial charge in [-0.25, -0.2) is 4.68 Å². The highest BCUT2D eigenvalue weighted by atomic mass is 16.2. The number of nitrogens with one attached hydrogen (secondary N) is 2. The average molecular weight is 306 g/mol. The Labute approximate surface area is 132 Å². The summed E-state index contributed by atoms with van der Waals surface area (Å²) < 4.78 is 1.57. The first kappa shape index (κ1) is 13.4. The van der Waals surface area contributed by atoms with E-state index in [1.54, 1.807) is 10.7 Å². The monoisotopic (exact) mass is 306 g/mol. The highest BCUT2D eigenvalue weighted by molar-refractivity contribution is 6.02. The zero-order valence-electron chi connectivity index (χ0n) is 12.4. The fraction of sp³-hybridized carbons (Fsp3) is 0.125. The first-order chi connectivity index (χ1) is 11.2. The van der Waals surface area contributed by atoms with Crippen molar-refractivity contribution in [2.45, 2.75) is 12.6 Å². The molecule has 0 spiro atoms. The third kappa shape index (κ3) is 2.22. The van der Waals surface area contributed by atoms with Gasteiger partial charge in [-0.1, -0.05) is 24.3 Å². The van der Waals surface area contributed by atoms with Crippen LogP contribution < -0.4 is 10.6 Å². The lowest BCUT2D eigenvalue weighted by Crippen LogP contribution is -2.52. The van der Waals surface area contributed by atoms with Crippen LogP contribution in [0.1, 0.15) is 22.8 Å². The second-order valence-electron chi connectivity index (χ2n) is 5.55. The van der Waals surface area contributed by atoms with Crippen molar-refractivity contribution in [2.75, 3.05) is 5.32 Å². The summed E-state index contributed by atoms with van der Waals surface area (Å²) in [6.07, 6.45) is 1.53. The Morgan fingerprint density at radius 1 is 1.09 bits per heavy atom. The first-order valence-corrected chi connectivity index (χ1v) is 7.19. The fourth-order valence-corrected chi connectivity index (χ4v) is 2.77. The quantitative estimate of drug-likeness (QED) is 0.752. The maximum absolute atomic E-state index is 12.4. The Morgan fingerprint density at radius 3 is 2.78 bits per heavy atom. The fourth-order valence-electron chi connectivity index (χ4n) is 2.77. The number of tetrazole rings is 1. The molecule has 0 unspecified atom stereocenters. The maximum Gasteiger partial charge on any atom is 0.255 e. The van der Waals surface area contributed by atoms with Crippen LogP contribution >= 0.6 is 0 Å². The van der Waals surface area contributed by atoms with Gasteiger partial charge in [-0.15, -0.1) is 5.10 Å². The van der Waals surface area contributed by atoms with Crippen LogP contribution in [0.15, 0.2) is 54.9 Å². The van der Waals surface area contributed by atoms with E-state index in [1.165, 1.54) is 6.33 Å². The number of aromatic nitrogens is 4. The molecule has 0 aliphatic carbocycles. The van der Waals surface area contributed by atoms with Gasteiger partial charge >= 0.3 is 0 Å². The number of hydrogen-bond donors (Lipinski definition) is 2. The minimum Gasteiger partial charge on any atom is -0.359 e. The topological polar surface area (TPSA) is 84.7 Å². The summed E-state index contributed by atoms with van der Waals surface area (Å²) in [6, 6.07) is 15.2. The molecule has 7 nitrogen and oxygen atoms in total. The number of fused-ring (bicyclic) bond motifs is 1. The number of anilines is 1.